The van der Waals surface area contributed by atoms with E-state index in [9.17, 15) is 17.6 Å². The molecule has 13 nitrogen and oxygen atoms in total. The van der Waals surface area contributed by atoms with Gasteiger partial charge in [0, 0.05) is 48.4 Å². The standard InChI is InChI=1S/C23H31FN2O3S.C21H29N7O/c1-23(2,3)18-4-10-22(11-5-18)30(27,28)26(20-12-14-25-15-13-20)16-17-29-21-8-6-19(24)7-9-21;1-21(2,3)17-11-15-13-28(20(29)27-18(15)26-17)16-7-5-14(6-8-16)12-24-9-4-10-25-19(22)23/h4-11,20,25H,12-17H2,1-3H3;5-8,11,13,24H,4,9-10,12H2,1-3H3,(H4,22,23,25)(H,26,27,29). The van der Waals surface area contributed by atoms with Gasteiger partial charge in [-0.05, 0) is 110 Å². The number of aliphatic imine (C=N–C) groups is 1. The molecule has 318 valence electrons. The van der Waals surface area contributed by atoms with E-state index in [0.717, 1.165) is 73.3 Å². The number of piperidine rings is 1. The van der Waals surface area contributed by atoms with Gasteiger partial charge in [-0.3, -0.25) is 9.56 Å². The zero-order valence-corrected chi connectivity index (χ0v) is 35.9. The number of hydrogen-bond acceptors (Lipinski definition) is 8. The lowest BCUT2D eigenvalue weighted by molar-refractivity contribution is 0.215. The molecule has 5 aromatic rings. The van der Waals surface area contributed by atoms with E-state index in [1.165, 1.54) is 12.1 Å². The van der Waals surface area contributed by atoms with Crippen molar-refractivity contribution in [3.63, 3.8) is 0 Å². The summed E-state index contributed by atoms with van der Waals surface area (Å²) < 4.78 is 48.9. The Balaban J connectivity index is 0.000000224. The van der Waals surface area contributed by atoms with Gasteiger partial charge < -0.3 is 31.8 Å². The van der Waals surface area contributed by atoms with Crippen molar-refractivity contribution in [2.75, 3.05) is 39.3 Å². The zero-order chi connectivity index (χ0) is 42.8. The largest absolute Gasteiger partial charge is 0.492 e. The Bertz CT molecular complexity index is 2300. The van der Waals surface area contributed by atoms with Crippen LogP contribution in [0.4, 0.5) is 4.39 Å². The number of nitrogens with one attached hydrogen (secondary N) is 3. The van der Waals surface area contributed by atoms with Gasteiger partial charge in [0.2, 0.25) is 10.0 Å². The fourth-order valence-corrected chi connectivity index (χ4v) is 8.31. The lowest BCUT2D eigenvalue weighted by Gasteiger charge is -2.33. The van der Waals surface area contributed by atoms with Crippen molar-refractivity contribution in [1.29, 1.82) is 0 Å². The number of halogens is 1. The number of nitrogens with two attached hydrogens (primary N) is 2. The van der Waals surface area contributed by atoms with Crippen LogP contribution in [0.25, 0.3) is 16.7 Å². The molecule has 2 aromatic heterocycles. The summed E-state index contributed by atoms with van der Waals surface area (Å²) in [5.41, 5.74) is 14.9. The topological polar surface area (TPSA) is 186 Å². The molecule has 1 saturated heterocycles. The number of aromatic nitrogens is 3. The normalized spacial score (nSPS) is 13.9. The van der Waals surface area contributed by atoms with Crippen molar-refractivity contribution in [1.82, 2.24) is 29.5 Å². The van der Waals surface area contributed by atoms with Crippen LogP contribution in [0.15, 0.2) is 99.7 Å². The molecule has 3 heterocycles. The maximum Gasteiger partial charge on any atom is 0.354 e. The summed E-state index contributed by atoms with van der Waals surface area (Å²) in [6, 6.07) is 22.8. The van der Waals surface area contributed by atoms with Gasteiger partial charge in [0.25, 0.3) is 0 Å². The van der Waals surface area contributed by atoms with E-state index in [2.05, 4.69) is 73.2 Å². The summed E-state index contributed by atoms with van der Waals surface area (Å²) >= 11 is 0. The molecule has 0 atom stereocenters. The number of fused-ring (bicyclic) bond motifs is 1. The van der Waals surface area contributed by atoms with Gasteiger partial charge in [-0.25, -0.2) is 17.6 Å². The summed E-state index contributed by atoms with van der Waals surface area (Å²) in [5, 5.41) is 7.55. The average molecular weight is 830 g/mol. The van der Waals surface area contributed by atoms with Crippen LogP contribution in [-0.4, -0.2) is 78.6 Å². The number of H-pyrrole nitrogens is 1. The minimum atomic E-state index is -3.66. The monoisotopic (exact) mass is 829 g/mol. The van der Waals surface area contributed by atoms with Gasteiger partial charge in [-0.15, -0.1) is 0 Å². The highest BCUT2D eigenvalue weighted by Gasteiger charge is 2.32. The quantitative estimate of drug-likeness (QED) is 0.0532. The molecule has 0 unspecified atom stereocenters. The highest BCUT2D eigenvalue weighted by Crippen LogP contribution is 2.28. The van der Waals surface area contributed by atoms with Crippen molar-refractivity contribution in [2.24, 2.45) is 16.5 Å². The smallest absolute Gasteiger partial charge is 0.354 e. The molecule has 59 heavy (non-hydrogen) atoms. The Kier molecular flexibility index (Phi) is 15.1. The number of benzene rings is 3. The number of nitrogens with zero attached hydrogens (tertiary/aromatic N) is 4. The Morgan fingerprint density at radius 3 is 2.24 bits per heavy atom. The fraction of sp³-hybridized carbons (Fsp3) is 0.432. The van der Waals surface area contributed by atoms with Crippen LogP contribution in [0.1, 0.15) is 77.6 Å². The SMILES string of the molecule is CC(C)(C)c1cc2cn(-c3ccc(CNCCCN=C(N)N)cc3)c(=O)nc2[nH]1.CC(C)(C)c1ccc(S(=O)(=O)N(CCOc2ccc(F)cc2)C2CCNCC2)cc1. The highest BCUT2D eigenvalue weighted by molar-refractivity contribution is 7.89. The summed E-state index contributed by atoms with van der Waals surface area (Å²) in [5.74, 6) is 0.311. The minimum Gasteiger partial charge on any atom is -0.492 e. The van der Waals surface area contributed by atoms with Crippen LogP contribution < -0.4 is 32.5 Å². The number of sulfonamides is 1. The van der Waals surface area contributed by atoms with E-state index < -0.39 is 10.0 Å². The van der Waals surface area contributed by atoms with E-state index in [0.29, 0.717) is 22.8 Å². The van der Waals surface area contributed by atoms with Crippen molar-refractivity contribution in [2.45, 2.75) is 89.1 Å². The van der Waals surface area contributed by atoms with Gasteiger partial charge in [0.05, 0.1) is 10.6 Å². The van der Waals surface area contributed by atoms with Gasteiger partial charge in [-0.1, -0.05) is 65.8 Å². The van der Waals surface area contributed by atoms with Crippen LogP contribution in [0.5, 0.6) is 5.75 Å². The van der Waals surface area contributed by atoms with Gasteiger partial charge in [-0.2, -0.15) is 9.29 Å². The molecule has 1 aliphatic rings. The molecule has 0 radical (unpaired) electrons. The van der Waals surface area contributed by atoms with Crippen LogP contribution in [-0.2, 0) is 27.4 Å². The fourth-order valence-electron chi connectivity index (χ4n) is 6.64. The second-order valence-corrected chi connectivity index (χ2v) is 18.7. The Hall–Kier alpha value is -5.09. The molecule has 1 aliphatic heterocycles. The van der Waals surface area contributed by atoms with E-state index in [1.54, 1.807) is 33.1 Å². The minimum absolute atomic E-state index is 0.0352. The molecule has 0 saturated carbocycles. The third-order valence-corrected chi connectivity index (χ3v) is 12.1. The molecule has 7 N–H and O–H groups in total. The summed E-state index contributed by atoms with van der Waals surface area (Å²) in [6.07, 6.45) is 4.23. The number of guanidine groups is 1. The van der Waals surface area contributed by atoms with E-state index in [4.69, 9.17) is 16.2 Å². The first-order valence-corrected chi connectivity index (χ1v) is 21.6. The number of ether oxygens (including phenoxy) is 1. The molecular formula is C44H60FN9O4S. The zero-order valence-electron chi connectivity index (χ0n) is 35.1. The van der Waals surface area contributed by atoms with Gasteiger partial charge in [0.15, 0.2) is 5.96 Å². The molecule has 6 rings (SSSR count). The lowest BCUT2D eigenvalue weighted by atomic mass is 9.87. The first-order valence-electron chi connectivity index (χ1n) is 20.1. The van der Waals surface area contributed by atoms with Crippen LogP contribution in [0.3, 0.4) is 0 Å². The molecule has 0 bridgehead atoms. The van der Waals surface area contributed by atoms with Gasteiger partial charge in [0.1, 0.15) is 23.8 Å². The lowest BCUT2D eigenvalue weighted by Crippen LogP contribution is -2.47. The van der Waals surface area contributed by atoms with Crippen LogP contribution >= 0.6 is 0 Å². The highest BCUT2D eigenvalue weighted by atomic mass is 32.2. The summed E-state index contributed by atoms with van der Waals surface area (Å²) in [4.78, 5) is 24.2. The first kappa shape index (κ1) is 45.0. The summed E-state index contributed by atoms with van der Waals surface area (Å²) in [7, 11) is -3.66. The van der Waals surface area contributed by atoms with Crippen LogP contribution in [0.2, 0.25) is 0 Å². The maximum absolute atomic E-state index is 13.5. The van der Waals surface area contributed by atoms with Crippen LogP contribution in [0, 0.1) is 5.82 Å². The molecule has 0 amide bonds. The summed E-state index contributed by atoms with van der Waals surface area (Å²) in [6.45, 7) is 16.9. The Labute approximate surface area is 347 Å². The molecule has 1 fully saturated rings. The molecule has 3 aromatic carbocycles. The van der Waals surface area contributed by atoms with Crippen molar-refractivity contribution in [3.8, 4) is 11.4 Å². The predicted octanol–water partition coefficient (Wildman–Crippen LogP) is 5.71. The molecular weight excluding hydrogens is 770 g/mol. The number of rotatable bonds is 14. The van der Waals surface area contributed by atoms with E-state index in [1.807, 2.05) is 42.6 Å². The number of hydrogen-bond donors (Lipinski definition) is 5. The maximum atomic E-state index is 13.5. The van der Waals surface area contributed by atoms with Gasteiger partial charge >= 0.3 is 5.69 Å². The second-order valence-electron chi connectivity index (χ2n) is 16.8. The molecule has 15 heteroatoms. The second kappa shape index (κ2) is 19.8. The molecule has 0 aliphatic carbocycles. The number of aromatic amines is 1. The third-order valence-electron chi connectivity index (χ3n) is 10.1. The van der Waals surface area contributed by atoms with E-state index >= 15 is 0 Å². The van der Waals surface area contributed by atoms with Crippen molar-refractivity contribution < 1.29 is 17.5 Å². The Morgan fingerprint density at radius 2 is 1.63 bits per heavy atom. The molecule has 0 spiro atoms. The van der Waals surface area contributed by atoms with Crippen molar-refractivity contribution >= 4 is 27.0 Å². The average Bonchev–Trinajstić information content (AvgIpc) is 3.62. The third kappa shape index (κ3) is 12.7. The van der Waals surface area contributed by atoms with E-state index in [-0.39, 0.29) is 47.5 Å². The van der Waals surface area contributed by atoms with Crippen molar-refractivity contribution in [3.05, 3.63) is 118 Å². The Morgan fingerprint density at radius 1 is 0.966 bits per heavy atom. The first-order chi connectivity index (χ1) is 27.9. The predicted molar refractivity (Wildman–Crippen MR) is 234 cm³/mol.